The van der Waals surface area contributed by atoms with Crippen molar-refractivity contribution in [1.29, 1.82) is 5.26 Å². The van der Waals surface area contributed by atoms with Crippen LogP contribution in [0.1, 0.15) is 11.1 Å². The zero-order chi connectivity index (χ0) is 19.9. The Morgan fingerprint density at radius 2 is 1.96 bits per heavy atom. The number of anilines is 2. The molecule has 2 aromatic rings. The number of urea groups is 1. The van der Waals surface area contributed by atoms with Gasteiger partial charge in [-0.15, -0.1) is 0 Å². The number of benzene rings is 2. The Labute approximate surface area is 160 Å². The van der Waals surface area contributed by atoms with Crippen molar-refractivity contribution in [3.8, 4) is 6.07 Å². The molecular formula is C19H16N4O5. The number of cyclic esters (lactones) is 1. The Hall–Kier alpha value is -4.06. The summed E-state index contributed by atoms with van der Waals surface area (Å²) in [6.07, 6.45) is -1.52. The largest absolute Gasteiger partial charge is 0.425 e. The molecule has 1 aliphatic rings. The molecular weight excluding hydrogens is 364 g/mol. The lowest BCUT2D eigenvalue weighted by molar-refractivity contribution is -0.146. The van der Waals surface area contributed by atoms with Gasteiger partial charge >= 0.3 is 12.1 Å². The number of nitriles is 1. The van der Waals surface area contributed by atoms with E-state index in [2.05, 4.69) is 15.4 Å². The Morgan fingerprint density at radius 3 is 2.61 bits per heavy atom. The van der Waals surface area contributed by atoms with Gasteiger partial charge < -0.3 is 20.1 Å². The van der Waals surface area contributed by atoms with Gasteiger partial charge in [-0.2, -0.15) is 5.26 Å². The Morgan fingerprint density at radius 1 is 1.25 bits per heavy atom. The van der Waals surface area contributed by atoms with E-state index in [1.165, 1.54) is 4.90 Å². The monoisotopic (exact) mass is 380 g/mol. The number of ether oxygens (including phenoxy) is 2. The van der Waals surface area contributed by atoms with Crippen molar-refractivity contribution >= 4 is 30.0 Å². The smallest absolute Gasteiger partial charge is 0.417 e. The summed E-state index contributed by atoms with van der Waals surface area (Å²) in [5.74, 6) is 0. The number of carbonyl (C=O) groups excluding carboxylic acids is 3. The van der Waals surface area contributed by atoms with Crippen molar-refractivity contribution in [2.75, 3.05) is 16.8 Å². The van der Waals surface area contributed by atoms with Crippen molar-refractivity contribution in [2.45, 2.75) is 12.8 Å². The molecule has 0 radical (unpaired) electrons. The molecule has 9 nitrogen and oxygen atoms in total. The topological polar surface area (TPSA) is 121 Å². The van der Waals surface area contributed by atoms with E-state index in [0.717, 1.165) is 5.56 Å². The Bertz CT molecular complexity index is 905. The number of rotatable bonds is 6. The molecule has 142 valence electrons. The predicted octanol–water partition coefficient (Wildman–Crippen LogP) is 2.34. The third-order valence-electron chi connectivity index (χ3n) is 3.96. The summed E-state index contributed by atoms with van der Waals surface area (Å²) >= 11 is 0. The second-order valence-electron chi connectivity index (χ2n) is 5.82. The molecule has 1 fully saturated rings. The second-order valence-corrected chi connectivity index (χ2v) is 5.82. The molecule has 0 aliphatic carbocycles. The summed E-state index contributed by atoms with van der Waals surface area (Å²) in [4.78, 5) is 35.4. The molecule has 1 saturated heterocycles. The first kappa shape index (κ1) is 18.7. The molecule has 0 saturated carbocycles. The fourth-order valence-corrected chi connectivity index (χ4v) is 2.56. The molecule has 28 heavy (non-hydrogen) atoms. The molecule has 1 aliphatic heterocycles. The van der Waals surface area contributed by atoms with Gasteiger partial charge in [0.1, 0.15) is 6.54 Å². The number of amides is 3. The van der Waals surface area contributed by atoms with Crippen molar-refractivity contribution in [3.05, 3.63) is 59.7 Å². The average Bonchev–Trinajstić information content (AvgIpc) is 3.08. The van der Waals surface area contributed by atoms with Crippen LogP contribution in [-0.2, 0) is 20.8 Å². The van der Waals surface area contributed by atoms with E-state index in [4.69, 9.17) is 10.00 Å². The van der Waals surface area contributed by atoms with Crippen LogP contribution in [0.15, 0.2) is 48.5 Å². The molecule has 9 heteroatoms. The molecule has 1 atom stereocenters. The van der Waals surface area contributed by atoms with Gasteiger partial charge in [0.2, 0.25) is 0 Å². The third-order valence-corrected chi connectivity index (χ3v) is 3.96. The van der Waals surface area contributed by atoms with E-state index in [-0.39, 0.29) is 25.6 Å². The van der Waals surface area contributed by atoms with E-state index < -0.39 is 12.4 Å². The quantitative estimate of drug-likeness (QED) is 0.742. The van der Waals surface area contributed by atoms with Gasteiger partial charge in [-0.05, 0) is 42.0 Å². The highest BCUT2D eigenvalue weighted by Crippen LogP contribution is 2.22. The van der Waals surface area contributed by atoms with E-state index in [9.17, 15) is 14.4 Å². The highest BCUT2D eigenvalue weighted by Gasteiger charge is 2.33. The lowest BCUT2D eigenvalue weighted by Crippen LogP contribution is -2.28. The summed E-state index contributed by atoms with van der Waals surface area (Å²) < 4.78 is 9.54. The molecule has 1 heterocycles. The normalized spacial score (nSPS) is 15.3. The summed E-state index contributed by atoms with van der Waals surface area (Å²) in [6, 6.07) is 15.1. The lowest BCUT2D eigenvalue weighted by Gasteiger charge is -2.13. The molecule has 0 bridgehead atoms. The van der Waals surface area contributed by atoms with E-state index >= 15 is 0 Å². The van der Waals surface area contributed by atoms with E-state index in [1.807, 2.05) is 6.07 Å². The summed E-state index contributed by atoms with van der Waals surface area (Å²) in [5.41, 5.74) is 2.50. The van der Waals surface area contributed by atoms with E-state index in [1.54, 1.807) is 48.5 Å². The zero-order valence-electron chi connectivity index (χ0n) is 14.6. The van der Waals surface area contributed by atoms with Crippen LogP contribution in [0.2, 0.25) is 0 Å². The average molecular weight is 380 g/mol. The summed E-state index contributed by atoms with van der Waals surface area (Å²) in [7, 11) is 0. The Balaban J connectivity index is 1.51. The van der Waals surface area contributed by atoms with Crippen LogP contribution in [0.25, 0.3) is 0 Å². The standard InChI is InChI=1S/C19H16N4O5/c20-9-13-1-5-15(6-2-13)22-18(25)21-10-14-3-7-16(8-4-14)23-11-17(27-12-24)28-19(23)26/h1-8,12,17H,10-11H2,(H2,21,22,25). The Kier molecular flexibility index (Phi) is 5.72. The molecule has 0 aromatic heterocycles. The first-order valence-corrected chi connectivity index (χ1v) is 8.30. The number of nitrogens with zero attached hydrogens (tertiary/aromatic N) is 2. The minimum absolute atomic E-state index is 0.113. The van der Waals surface area contributed by atoms with Crippen LogP contribution in [-0.4, -0.2) is 31.4 Å². The highest BCUT2D eigenvalue weighted by atomic mass is 16.7. The van der Waals surface area contributed by atoms with Crippen LogP contribution in [0.5, 0.6) is 0 Å². The minimum atomic E-state index is -0.919. The maximum absolute atomic E-state index is 12.0. The first-order valence-electron chi connectivity index (χ1n) is 8.30. The third kappa shape index (κ3) is 4.56. The molecule has 0 spiro atoms. The molecule has 2 N–H and O–H groups in total. The highest BCUT2D eigenvalue weighted by molar-refractivity contribution is 5.90. The van der Waals surface area contributed by atoms with Gasteiger partial charge in [0.25, 0.3) is 12.8 Å². The minimum Gasteiger partial charge on any atom is -0.425 e. The summed E-state index contributed by atoms with van der Waals surface area (Å²) in [5, 5.41) is 14.2. The maximum atomic E-state index is 12.0. The van der Waals surface area contributed by atoms with Crippen LogP contribution >= 0.6 is 0 Å². The second kappa shape index (κ2) is 8.55. The SMILES string of the molecule is N#Cc1ccc(NC(=O)NCc2ccc(N3CC(OC=O)OC3=O)cc2)cc1. The molecule has 3 rings (SSSR count). The number of hydrogen-bond acceptors (Lipinski definition) is 6. The fourth-order valence-electron chi connectivity index (χ4n) is 2.56. The number of carbonyl (C=O) groups is 3. The summed E-state index contributed by atoms with van der Waals surface area (Å²) in [6.45, 7) is 0.630. The fraction of sp³-hybridized carbons (Fsp3) is 0.158. The first-order chi connectivity index (χ1) is 13.6. The maximum Gasteiger partial charge on any atom is 0.417 e. The molecule has 2 aromatic carbocycles. The van der Waals surface area contributed by atoms with Crippen LogP contribution in [0, 0.1) is 11.3 Å². The number of nitrogens with one attached hydrogen (secondary N) is 2. The number of hydrogen-bond donors (Lipinski definition) is 2. The molecule has 1 unspecified atom stereocenters. The zero-order valence-corrected chi connectivity index (χ0v) is 14.6. The van der Waals surface area contributed by atoms with Gasteiger partial charge in [-0.3, -0.25) is 9.69 Å². The van der Waals surface area contributed by atoms with E-state index in [0.29, 0.717) is 16.9 Å². The van der Waals surface area contributed by atoms with Crippen molar-refractivity contribution in [1.82, 2.24) is 5.32 Å². The van der Waals surface area contributed by atoms with Crippen LogP contribution < -0.4 is 15.5 Å². The lowest BCUT2D eigenvalue weighted by atomic mass is 10.2. The van der Waals surface area contributed by atoms with Gasteiger partial charge in [0.15, 0.2) is 0 Å². The van der Waals surface area contributed by atoms with Gasteiger partial charge in [-0.1, -0.05) is 12.1 Å². The van der Waals surface area contributed by atoms with Gasteiger partial charge in [0.05, 0.1) is 11.6 Å². The van der Waals surface area contributed by atoms with Gasteiger partial charge in [0, 0.05) is 17.9 Å². The van der Waals surface area contributed by atoms with Gasteiger partial charge in [-0.25, -0.2) is 9.59 Å². The predicted molar refractivity (Wildman–Crippen MR) is 98.2 cm³/mol. The molecule has 3 amide bonds. The van der Waals surface area contributed by atoms with Crippen LogP contribution in [0.3, 0.4) is 0 Å². The van der Waals surface area contributed by atoms with Crippen molar-refractivity contribution in [3.63, 3.8) is 0 Å². The van der Waals surface area contributed by atoms with Crippen molar-refractivity contribution in [2.24, 2.45) is 0 Å². The van der Waals surface area contributed by atoms with Crippen LogP contribution in [0.4, 0.5) is 21.0 Å². The van der Waals surface area contributed by atoms with Crippen molar-refractivity contribution < 1.29 is 23.9 Å².